The molecule has 0 bridgehead atoms. The minimum Gasteiger partial charge on any atom is -0.283 e. The van der Waals surface area contributed by atoms with Gasteiger partial charge in [-0.3, -0.25) is 4.72 Å². The number of nitrogens with one attached hydrogen (secondary N) is 1. The molecule has 0 fully saturated rings. The first-order valence-corrected chi connectivity index (χ1v) is 7.06. The number of alkyl halides is 1. The third kappa shape index (κ3) is 3.51. The van der Waals surface area contributed by atoms with Gasteiger partial charge in [0.25, 0.3) is 0 Å². The van der Waals surface area contributed by atoms with Gasteiger partial charge in [0.05, 0.1) is 11.9 Å². The van der Waals surface area contributed by atoms with Crippen LogP contribution in [0.3, 0.4) is 0 Å². The summed E-state index contributed by atoms with van der Waals surface area (Å²) in [6.07, 6.45) is 1.15. The maximum atomic E-state index is 11.0. The Hall–Kier alpha value is -0.300. The highest BCUT2D eigenvalue weighted by Gasteiger charge is 2.04. The first kappa shape index (κ1) is 10.8. The van der Waals surface area contributed by atoms with Gasteiger partial charge in [-0.05, 0) is 11.6 Å². The summed E-state index contributed by atoms with van der Waals surface area (Å²) in [6.45, 7) is 0. The number of sulfonamides is 1. The van der Waals surface area contributed by atoms with Crippen LogP contribution in [-0.2, 0) is 14.5 Å². The van der Waals surface area contributed by atoms with Gasteiger partial charge in [-0.1, -0.05) is 40.8 Å². The number of halogens is 1. The van der Waals surface area contributed by atoms with Crippen molar-refractivity contribution in [2.75, 3.05) is 11.0 Å². The third-order valence-electron chi connectivity index (χ3n) is 1.46. The zero-order chi connectivity index (χ0) is 9.90. The van der Waals surface area contributed by atoms with E-state index in [1.807, 2.05) is 18.2 Å². The van der Waals surface area contributed by atoms with Crippen molar-refractivity contribution in [3.05, 3.63) is 29.8 Å². The second kappa shape index (κ2) is 4.28. The van der Waals surface area contributed by atoms with E-state index < -0.39 is 10.0 Å². The van der Waals surface area contributed by atoms with E-state index in [1.54, 1.807) is 6.07 Å². The van der Waals surface area contributed by atoms with Crippen molar-refractivity contribution in [3.63, 3.8) is 0 Å². The lowest BCUT2D eigenvalue weighted by molar-refractivity contribution is 0.607. The fraction of sp³-hybridized carbons (Fsp3) is 0.250. The Morgan fingerprint density at radius 2 is 2.00 bits per heavy atom. The monoisotopic (exact) mass is 311 g/mol. The first-order chi connectivity index (χ1) is 6.03. The molecule has 0 aromatic heterocycles. The van der Waals surface area contributed by atoms with Crippen LogP contribution >= 0.6 is 22.6 Å². The number of para-hydroxylation sites is 1. The Labute approximate surface area is 91.7 Å². The van der Waals surface area contributed by atoms with E-state index >= 15 is 0 Å². The minimum atomic E-state index is -3.16. The summed E-state index contributed by atoms with van der Waals surface area (Å²) in [5.74, 6) is 0. The highest BCUT2D eigenvalue weighted by molar-refractivity contribution is 14.1. The molecule has 0 heterocycles. The average Bonchev–Trinajstić information content (AvgIpc) is 2.02. The summed E-state index contributed by atoms with van der Waals surface area (Å²) in [7, 11) is -3.16. The molecule has 3 nitrogen and oxygen atoms in total. The Morgan fingerprint density at radius 1 is 1.38 bits per heavy atom. The largest absolute Gasteiger partial charge is 0.283 e. The summed E-state index contributed by atoms with van der Waals surface area (Å²) in [6, 6.07) is 7.36. The Bertz CT molecular complexity index is 389. The molecule has 0 saturated heterocycles. The second-order valence-electron chi connectivity index (χ2n) is 2.67. The molecular formula is C8H10INO2S. The molecule has 0 saturated carbocycles. The van der Waals surface area contributed by atoms with Gasteiger partial charge in [-0.15, -0.1) is 0 Å². The number of benzene rings is 1. The lowest BCUT2D eigenvalue weighted by atomic mass is 10.2. The van der Waals surface area contributed by atoms with Gasteiger partial charge in [0, 0.05) is 4.43 Å². The minimum absolute atomic E-state index is 0.666. The smallest absolute Gasteiger partial charge is 0.229 e. The third-order valence-corrected chi connectivity index (χ3v) is 2.87. The van der Waals surface area contributed by atoms with Crippen molar-refractivity contribution in [1.29, 1.82) is 0 Å². The van der Waals surface area contributed by atoms with Gasteiger partial charge in [-0.2, -0.15) is 0 Å². The summed E-state index contributed by atoms with van der Waals surface area (Å²) < 4.78 is 25.2. The zero-order valence-corrected chi connectivity index (χ0v) is 10.1. The van der Waals surface area contributed by atoms with Crippen molar-refractivity contribution in [3.8, 4) is 0 Å². The van der Waals surface area contributed by atoms with Crippen LogP contribution in [0.15, 0.2) is 24.3 Å². The number of anilines is 1. The van der Waals surface area contributed by atoms with Gasteiger partial charge < -0.3 is 0 Å². The first-order valence-electron chi connectivity index (χ1n) is 3.64. The van der Waals surface area contributed by atoms with Gasteiger partial charge >= 0.3 is 0 Å². The summed E-state index contributed by atoms with van der Waals surface area (Å²) in [4.78, 5) is 0. The molecular weight excluding hydrogens is 301 g/mol. The standard InChI is InChI=1S/C8H10INO2S/c1-13(11,12)10-8-5-3-2-4-7(8)6-9/h2-5,10H,6H2,1H3. The lowest BCUT2D eigenvalue weighted by Gasteiger charge is -2.07. The van der Waals surface area contributed by atoms with Gasteiger partial charge in [-0.25, -0.2) is 8.42 Å². The van der Waals surface area contributed by atoms with E-state index in [2.05, 4.69) is 27.3 Å². The molecule has 0 aliphatic rings. The Morgan fingerprint density at radius 3 is 2.54 bits per heavy atom. The van der Waals surface area contributed by atoms with Gasteiger partial charge in [0.15, 0.2) is 0 Å². The second-order valence-corrected chi connectivity index (χ2v) is 5.18. The Kier molecular flexibility index (Phi) is 3.55. The van der Waals surface area contributed by atoms with Crippen LogP contribution in [0.5, 0.6) is 0 Å². The van der Waals surface area contributed by atoms with E-state index in [0.29, 0.717) is 5.69 Å². The van der Waals surface area contributed by atoms with Crippen LogP contribution in [0.2, 0.25) is 0 Å². The summed E-state index contributed by atoms with van der Waals surface area (Å²) in [5.41, 5.74) is 1.66. The highest BCUT2D eigenvalue weighted by atomic mass is 127. The average molecular weight is 311 g/mol. The molecule has 0 aliphatic carbocycles. The molecule has 0 aliphatic heterocycles. The Balaban J connectivity index is 3.01. The van der Waals surface area contributed by atoms with E-state index in [1.165, 1.54) is 0 Å². The fourth-order valence-corrected chi connectivity index (χ4v) is 2.20. The van der Waals surface area contributed by atoms with Crippen LogP contribution in [0.25, 0.3) is 0 Å². The van der Waals surface area contributed by atoms with E-state index in [0.717, 1.165) is 16.2 Å². The van der Waals surface area contributed by atoms with Crippen LogP contribution in [0.4, 0.5) is 5.69 Å². The molecule has 1 aromatic rings. The highest BCUT2D eigenvalue weighted by Crippen LogP contribution is 2.18. The SMILES string of the molecule is CS(=O)(=O)Nc1ccccc1CI. The van der Waals surface area contributed by atoms with Gasteiger partial charge in [0.2, 0.25) is 10.0 Å². The molecule has 1 rings (SSSR count). The fourth-order valence-electron chi connectivity index (χ4n) is 0.936. The molecule has 1 aromatic carbocycles. The lowest BCUT2D eigenvalue weighted by Crippen LogP contribution is -2.10. The van der Waals surface area contributed by atoms with E-state index in [9.17, 15) is 8.42 Å². The van der Waals surface area contributed by atoms with Crippen molar-refractivity contribution in [2.24, 2.45) is 0 Å². The molecule has 0 radical (unpaired) electrons. The quantitative estimate of drug-likeness (QED) is 0.685. The van der Waals surface area contributed by atoms with Crippen molar-refractivity contribution >= 4 is 38.3 Å². The normalized spacial score (nSPS) is 11.2. The summed E-state index contributed by atoms with van der Waals surface area (Å²) >= 11 is 2.20. The maximum absolute atomic E-state index is 11.0. The van der Waals surface area contributed by atoms with Crippen molar-refractivity contribution in [1.82, 2.24) is 0 Å². The van der Waals surface area contributed by atoms with Crippen LogP contribution < -0.4 is 4.72 Å². The van der Waals surface area contributed by atoms with Crippen molar-refractivity contribution in [2.45, 2.75) is 4.43 Å². The molecule has 0 unspecified atom stereocenters. The topological polar surface area (TPSA) is 46.2 Å². The molecule has 0 atom stereocenters. The van der Waals surface area contributed by atoms with Crippen LogP contribution in [-0.4, -0.2) is 14.7 Å². The number of rotatable bonds is 3. The summed E-state index contributed by atoms with van der Waals surface area (Å²) in [5, 5.41) is 0. The zero-order valence-electron chi connectivity index (χ0n) is 7.12. The number of hydrogen-bond acceptors (Lipinski definition) is 2. The van der Waals surface area contributed by atoms with Gasteiger partial charge in [0.1, 0.15) is 0 Å². The van der Waals surface area contributed by atoms with Crippen LogP contribution in [0, 0.1) is 0 Å². The van der Waals surface area contributed by atoms with Crippen LogP contribution in [0.1, 0.15) is 5.56 Å². The molecule has 0 spiro atoms. The predicted octanol–water partition coefficient (Wildman–Crippen LogP) is 1.99. The molecule has 5 heteroatoms. The molecule has 1 N–H and O–H groups in total. The molecule has 0 amide bonds. The molecule has 13 heavy (non-hydrogen) atoms. The molecule has 72 valence electrons. The predicted molar refractivity (Wildman–Crippen MR) is 62.6 cm³/mol. The van der Waals surface area contributed by atoms with E-state index in [-0.39, 0.29) is 0 Å². The van der Waals surface area contributed by atoms with E-state index in [4.69, 9.17) is 0 Å². The van der Waals surface area contributed by atoms with Crippen molar-refractivity contribution < 1.29 is 8.42 Å². The number of hydrogen-bond donors (Lipinski definition) is 1. The maximum Gasteiger partial charge on any atom is 0.229 e.